The Morgan fingerprint density at radius 2 is 1.91 bits per heavy atom. The van der Waals surface area contributed by atoms with Gasteiger partial charge < -0.3 is 10.5 Å². The van der Waals surface area contributed by atoms with E-state index in [9.17, 15) is 4.79 Å². The molecule has 1 aliphatic rings. The van der Waals surface area contributed by atoms with Gasteiger partial charge in [0.2, 0.25) is 0 Å². The van der Waals surface area contributed by atoms with Crippen LogP contribution in [0, 0.1) is 0 Å². The first kappa shape index (κ1) is 21.9. The number of nitrogens with zero attached hydrogens (tertiary/aromatic N) is 2. The third-order valence-corrected chi connectivity index (χ3v) is 7.76. The van der Waals surface area contributed by atoms with Crippen LogP contribution in [0.25, 0.3) is 21.5 Å². The lowest BCUT2D eigenvalue weighted by Gasteiger charge is -2.12. The molecule has 1 aromatic carbocycles. The molecule has 0 radical (unpaired) electrons. The number of fused-ring (bicyclic) bond motifs is 2. The van der Waals surface area contributed by atoms with Crippen LogP contribution in [0.4, 0.5) is 10.8 Å². The molecule has 1 aliphatic carbocycles. The van der Waals surface area contributed by atoms with Gasteiger partial charge >= 0.3 is 0 Å². The van der Waals surface area contributed by atoms with Crippen molar-refractivity contribution in [2.24, 2.45) is 0 Å². The molecule has 0 bridgehead atoms. The van der Waals surface area contributed by atoms with Gasteiger partial charge in [0.05, 0.1) is 18.0 Å². The predicted molar refractivity (Wildman–Crippen MR) is 137 cm³/mol. The largest absolute Gasteiger partial charge is 0.494 e. The minimum absolute atomic E-state index is 0.240. The van der Waals surface area contributed by atoms with Gasteiger partial charge in [-0.25, -0.2) is 9.97 Å². The van der Waals surface area contributed by atoms with Gasteiger partial charge in [-0.1, -0.05) is 12.8 Å². The van der Waals surface area contributed by atoms with Gasteiger partial charge in [0.1, 0.15) is 15.5 Å². The molecule has 0 unspecified atom stereocenters. The van der Waals surface area contributed by atoms with Crippen LogP contribution in [0.2, 0.25) is 0 Å². The number of thiazole rings is 1. The van der Waals surface area contributed by atoms with E-state index in [0.29, 0.717) is 22.3 Å². The molecule has 3 aromatic heterocycles. The fraction of sp³-hybridized carbons (Fsp3) is 0.320. The van der Waals surface area contributed by atoms with Crippen molar-refractivity contribution in [1.29, 1.82) is 0 Å². The molecular weight excluding hydrogens is 452 g/mol. The Hall–Kier alpha value is -2.97. The first-order valence-electron chi connectivity index (χ1n) is 11.3. The Kier molecular flexibility index (Phi) is 6.28. The monoisotopic (exact) mass is 478 g/mol. The van der Waals surface area contributed by atoms with E-state index >= 15 is 0 Å². The zero-order valence-electron chi connectivity index (χ0n) is 18.5. The molecular formula is C25H26N4O2S2. The van der Waals surface area contributed by atoms with Gasteiger partial charge in [-0.15, -0.1) is 22.7 Å². The number of anilines is 2. The number of rotatable bonds is 5. The molecule has 0 fully saturated rings. The summed E-state index contributed by atoms with van der Waals surface area (Å²) >= 11 is 2.75. The van der Waals surface area contributed by atoms with Crippen LogP contribution < -0.4 is 15.8 Å². The summed E-state index contributed by atoms with van der Waals surface area (Å²) in [6.45, 7) is 2.59. The van der Waals surface area contributed by atoms with Crippen molar-refractivity contribution in [3.8, 4) is 17.0 Å². The van der Waals surface area contributed by atoms with Crippen molar-refractivity contribution in [3.63, 3.8) is 0 Å². The molecule has 0 saturated heterocycles. The van der Waals surface area contributed by atoms with Crippen LogP contribution in [0.15, 0.2) is 35.7 Å². The Labute approximate surface area is 200 Å². The average molecular weight is 479 g/mol. The lowest BCUT2D eigenvalue weighted by Crippen LogP contribution is -2.11. The quantitative estimate of drug-likeness (QED) is 0.351. The number of carbonyl (C=O) groups excluding carboxylic acids is 1. The highest BCUT2D eigenvalue weighted by molar-refractivity contribution is 7.21. The smallest absolute Gasteiger partial charge is 0.269 e. The second-order valence-corrected chi connectivity index (χ2v) is 10.0. The zero-order valence-corrected chi connectivity index (χ0v) is 20.2. The average Bonchev–Trinajstić information content (AvgIpc) is 3.39. The van der Waals surface area contributed by atoms with E-state index < -0.39 is 0 Å². The molecule has 5 rings (SSSR count). The highest BCUT2D eigenvalue weighted by Gasteiger charge is 2.21. The van der Waals surface area contributed by atoms with Gasteiger partial charge in [0.15, 0.2) is 5.13 Å². The van der Waals surface area contributed by atoms with Gasteiger partial charge in [-0.05, 0) is 68.5 Å². The van der Waals surface area contributed by atoms with Crippen LogP contribution in [0.3, 0.4) is 0 Å². The van der Waals surface area contributed by atoms with E-state index in [4.69, 9.17) is 15.5 Å². The van der Waals surface area contributed by atoms with E-state index in [2.05, 4.69) is 16.4 Å². The normalized spacial score (nSPS) is 13.8. The van der Waals surface area contributed by atoms with Gasteiger partial charge in [0, 0.05) is 22.0 Å². The highest BCUT2D eigenvalue weighted by Crippen LogP contribution is 2.36. The molecule has 170 valence electrons. The van der Waals surface area contributed by atoms with Gasteiger partial charge in [-0.3, -0.25) is 10.1 Å². The van der Waals surface area contributed by atoms with Crippen LogP contribution in [0.1, 0.15) is 53.5 Å². The topological polar surface area (TPSA) is 90.1 Å². The summed E-state index contributed by atoms with van der Waals surface area (Å²) in [5, 5.41) is 6.28. The van der Waals surface area contributed by atoms with Gasteiger partial charge in [-0.2, -0.15) is 0 Å². The number of hydrogen-bond acceptors (Lipinski definition) is 7. The maximum absolute atomic E-state index is 13.0. The van der Waals surface area contributed by atoms with Crippen molar-refractivity contribution in [3.05, 3.63) is 51.8 Å². The number of thiophene rings is 1. The molecule has 3 heterocycles. The number of pyridine rings is 1. The summed E-state index contributed by atoms with van der Waals surface area (Å²) < 4.78 is 5.49. The lowest BCUT2D eigenvalue weighted by molar-refractivity contribution is 0.103. The molecule has 0 aliphatic heterocycles. The van der Waals surface area contributed by atoms with Gasteiger partial charge in [0.25, 0.3) is 5.91 Å². The number of amides is 1. The number of carbonyl (C=O) groups is 1. The molecule has 8 heteroatoms. The van der Waals surface area contributed by atoms with E-state index in [-0.39, 0.29) is 5.91 Å². The molecule has 6 nitrogen and oxygen atoms in total. The standard InChI is InChI=1S/C25H26N4O2S2/c1-2-31-17-11-9-15(10-12-17)20-14-32-25(28-20)29-23(30)22-21(26)18-13-16-7-5-3-4-6-8-19(16)27-24(18)33-22/h9-14H,2-8,26H2,1H3,(H,28,29,30). The summed E-state index contributed by atoms with van der Waals surface area (Å²) in [6, 6.07) is 9.93. The second-order valence-electron chi connectivity index (χ2n) is 8.16. The fourth-order valence-electron chi connectivity index (χ4n) is 4.19. The number of aromatic nitrogens is 2. The molecule has 1 amide bonds. The third kappa shape index (κ3) is 4.58. The summed E-state index contributed by atoms with van der Waals surface area (Å²) in [7, 11) is 0. The number of aryl methyl sites for hydroxylation is 2. The second kappa shape index (κ2) is 9.49. The molecule has 0 atom stereocenters. The Bertz CT molecular complexity index is 1290. The SMILES string of the molecule is CCOc1ccc(-c2csc(NC(=O)c3sc4nc5c(cc4c3N)CCCCCC5)n2)cc1. The fourth-order valence-corrected chi connectivity index (χ4v) is 5.89. The lowest BCUT2D eigenvalue weighted by atomic mass is 9.96. The van der Waals surface area contributed by atoms with Crippen LogP contribution in [-0.4, -0.2) is 22.5 Å². The van der Waals surface area contributed by atoms with Crippen molar-refractivity contribution in [2.75, 3.05) is 17.7 Å². The number of ether oxygens (including phenoxy) is 1. The van der Waals surface area contributed by atoms with Crippen molar-refractivity contribution in [1.82, 2.24) is 9.97 Å². The minimum Gasteiger partial charge on any atom is -0.494 e. The summed E-state index contributed by atoms with van der Waals surface area (Å²) in [6.07, 6.45) is 6.89. The first-order valence-corrected chi connectivity index (χ1v) is 13.0. The van der Waals surface area contributed by atoms with E-state index in [1.165, 1.54) is 53.9 Å². The van der Waals surface area contributed by atoms with Crippen LogP contribution >= 0.6 is 22.7 Å². The third-order valence-electron chi connectivity index (χ3n) is 5.89. The minimum atomic E-state index is -0.240. The van der Waals surface area contributed by atoms with Crippen LogP contribution in [0.5, 0.6) is 5.75 Å². The van der Waals surface area contributed by atoms with Crippen molar-refractivity contribution in [2.45, 2.75) is 45.4 Å². The summed E-state index contributed by atoms with van der Waals surface area (Å²) in [5.41, 5.74) is 11.1. The molecule has 0 saturated carbocycles. The Morgan fingerprint density at radius 1 is 1.12 bits per heavy atom. The predicted octanol–water partition coefficient (Wildman–Crippen LogP) is 6.31. The maximum atomic E-state index is 13.0. The molecule has 33 heavy (non-hydrogen) atoms. The Balaban J connectivity index is 1.36. The van der Waals surface area contributed by atoms with E-state index in [1.807, 2.05) is 36.6 Å². The highest BCUT2D eigenvalue weighted by atomic mass is 32.1. The zero-order chi connectivity index (χ0) is 22.8. The summed E-state index contributed by atoms with van der Waals surface area (Å²) in [4.78, 5) is 23.8. The first-order chi connectivity index (χ1) is 16.1. The van der Waals surface area contributed by atoms with Crippen molar-refractivity contribution < 1.29 is 9.53 Å². The summed E-state index contributed by atoms with van der Waals surface area (Å²) in [5.74, 6) is 0.585. The number of nitrogen functional groups attached to an aromatic ring is 1. The molecule has 3 N–H and O–H groups in total. The van der Waals surface area contributed by atoms with Crippen LogP contribution in [-0.2, 0) is 12.8 Å². The Morgan fingerprint density at radius 3 is 2.70 bits per heavy atom. The molecule has 4 aromatic rings. The number of hydrogen-bond donors (Lipinski definition) is 2. The van der Waals surface area contributed by atoms with E-state index in [1.54, 1.807) is 0 Å². The number of benzene rings is 1. The number of nitrogens with two attached hydrogens (primary N) is 1. The molecule has 0 spiro atoms. The number of nitrogens with one attached hydrogen (secondary N) is 1. The maximum Gasteiger partial charge on any atom is 0.269 e. The van der Waals surface area contributed by atoms with Crippen molar-refractivity contribution >= 4 is 49.6 Å². The van der Waals surface area contributed by atoms with E-state index in [0.717, 1.165) is 45.8 Å².